The van der Waals surface area contributed by atoms with Crippen LogP contribution >= 0.6 is 39.1 Å². The average Bonchev–Trinajstić information content (AvgIpc) is 3.02. The third-order valence-corrected chi connectivity index (χ3v) is 6.06. The number of rotatable bonds is 4. The van der Waals surface area contributed by atoms with Crippen LogP contribution < -0.4 is 5.32 Å². The minimum atomic E-state index is 0.410. The molecule has 3 aromatic rings. The van der Waals surface area contributed by atoms with Crippen molar-refractivity contribution in [3.63, 3.8) is 0 Å². The van der Waals surface area contributed by atoms with Crippen molar-refractivity contribution in [3.05, 3.63) is 56.9 Å². The lowest BCUT2D eigenvalue weighted by Crippen LogP contribution is -2.38. The summed E-state index contributed by atoms with van der Waals surface area (Å²) in [7, 11) is 0. The fourth-order valence-corrected chi connectivity index (χ4v) is 4.07. The lowest BCUT2D eigenvalue weighted by Gasteiger charge is -2.32. The molecular weight excluding hydrogens is 437 g/mol. The maximum Gasteiger partial charge on any atom is 0.154 e. The fraction of sp³-hybridized carbons (Fsp3) is 0.333. The number of piperidine rings is 1. The van der Waals surface area contributed by atoms with E-state index in [1.165, 1.54) is 5.56 Å². The van der Waals surface area contributed by atoms with Gasteiger partial charge in [-0.2, -0.15) is 5.10 Å². The SMILES string of the molecule is Clc1ccc(CN2CCC(Nc3ncnn4c(Br)ccc34)CC2)cc1Cl. The summed E-state index contributed by atoms with van der Waals surface area (Å²) in [5.74, 6) is 0.883. The molecule has 1 aliphatic rings. The van der Waals surface area contributed by atoms with Crippen LogP contribution in [-0.4, -0.2) is 38.6 Å². The summed E-state index contributed by atoms with van der Waals surface area (Å²) in [6.45, 7) is 2.96. The van der Waals surface area contributed by atoms with Gasteiger partial charge >= 0.3 is 0 Å². The van der Waals surface area contributed by atoms with Crippen LogP contribution in [0.4, 0.5) is 5.82 Å². The number of aromatic nitrogens is 3. The van der Waals surface area contributed by atoms with Crippen molar-refractivity contribution in [3.8, 4) is 0 Å². The van der Waals surface area contributed by atoms with Crippen molar-refractivity contribution in [2.24, 2.45) is 0 Å². The molecule has 0 saturated carbocycles. The van der Waals surface area contributed by atoms with Gasteiger partial charge in [-0.15, -0.1) is 0 Å². The Morgan fingerprint density at radius 1 is 1.12 bits per heavy atom. The van der Waals surface area contributed by atoms with Gasteiger partial charge in [0.15, 0.2) is 5.82 Å². The average molecular weight is 455 g/mol. The second kappa shape index (κ2) is 7.72. The maximum atomic E-state index is 6.12. The maximum absolute atomic E-state index is 6.12. The predicted molar refractivity (Wildman–Crippen MR) is 109 cm³/mol. The van der Waals surface area contributed by atoms with Gasteiger partial charge in [0.05, 0.1) is 10.0 Å². The molecule has 1 fully saturated rings. The summed E-state index contributed by atoms with van der Waals surface area (Å²) in [5, 5.41) is 9.06. The van der Waals surface area contributed by atoms with E-state index in [0.717, 1.165) is 48.4 Å². The van der Waals surface area contributed by atoms with E-state index in [0.29, 0.717) is 16.1 Å². The Morgan fingerprint density at radius 3 is 2.69 bits per heavy atom. The zero-order chi connectivity index (χ0) is 18.1. The topological polar surface area (TPSA) is 45.5 Å². The van der Waals surface area contributed by atoms with Gasteiger partial charge in [0, 0.05) is 25.7 Å². The highest BCUT2D eigenvalue weighted by atomic mass is 79.9. The third-order valence-electron chi connectivity index (χ3n) is 4.72. The number of halogens is 3. The first-order valence-corrected chi connectivity index (χ1v) is 10.1. The van der Waals surface area contributed by atoms with Crippen LogP contribution in [0.5, 0.6) is 0 Å². The molecule has 1 saturated heterocycles. The zero-order valence-electron chi connectivity index (χ0n) is 14.0. The molecule has 0 aliphatic carbocycles. The molecule has 3 heterocycles. The monoisotopic (exact) mass is 453 g/mol. The Balaban J connectivity index is 1.36. The molecule has 1 aliphatic heterocycles. The molecule has 5 nitrogen and oxygen atoms in total. The first-order chi connectivity index (χ1) is 12.6. The van der Waals surface area contributed by atoms with Gasteiger partial charge in [-0.1, -0.05) is 29.3 Å². The van der Waals surface area contributed by atoms with Gasteiger partial charge in [-0.25, -0.2) is 9.50 Å². The number of benzene rings is 1. The largest absolute Gasteiger partial charge is 0.365 e. The first kappa shape index (κ1) is 18.0. The summed E-state index contributed by atoms with van der Waals surface area (Å²) in [6.07, 6.45) is 3.72. The number of anilines is 1. The predicted octanol–water partition coefficient (Wildman–Crippen LogP) is 4.88. The quantitative estimate of drug-likeness (QED) is 0.610. The number of nitrogens with zero attached hydrogens (tertiary/aromatic N) is 4. The number of likely N-dealkylation sites (tertiary alicyclic amines) is 1. The van der Waals surface area contributed by atoms with Crippen LogP contribution in [0.15, 0.2) is 41.3 Å². The van der Waals surface area contributed by atoms with Crippen LogP contribution in [0.1, 0.15) is 18.4 Å². The molecule has 0 amide bonds. The highest BCUT2D eigenvalue weighted by molar-refractivity contribution is 9.10. The van der Waals surface area contributed by atoms with Crippen molar-refractivity contribution >= 4 is 50.5 Å². The highest BCUT2D eigenvalue weighted by Crippen LogP contribution is 2.25. The molecule has 0 atom stereocenters. The van der Waals surface area contributed by atoms with Gasteiger partial charge in [0.25, 0.3) is 0 Å². The normalized spacial score (nSPS) is 16.3. The van der Waals surface area contributed by atoms with Gasteiger partial charge < -0.3 is 5.32 Å². The number of nitrogens with one attached hydrogen (secondary N) is 1. The van der Waals surface area contributed by atoms with Crippen molar-refractivity contribution in [1.82, 2.24) is 19.5 Å². The van der Waals surface area contributed by atoms with E-state index in [-0.39, 0.29) is 0 Å². The number of fused-ring (bicyclic) bond motifs is 1. The van der Waals surface area contributed by atoms with E-state index < -0.39 is 0 Å². The standard InChI is InChI=1S/C18H18BrCl2N5/c19-17-4-3-16-18(22-11-23-26(16)17)24-13-5-7-25(8-6-13)10-12-1-2-14(20)15(21)9-12/h1-4,9,11,13H,5-8,10H2,(H,22,23,24). The van der Waals surface area contributed by atoms with Crippen LogP contribution in [0, 0.1) is 0 Å². The second-order valence-corrected chi connectivity index (χ2v) is 8.13. The minimum Gasteiger partial charge on any atom is -0.365 e. The Labute approximate surface area is 170 Å². The fourth-order valence-electron chi connectivity index (χ4n) is 3.34. The van der Waals surface area contributed by atoms with Crippen molar-refractivity contribution in [2.45, 2.75) is 25.4 Å². The summed E-state index contributed by atoms with van der Waals surface area (Å²) in [4.78, 5) is 6.86. The zero-order valence-corrected chi connectivity index (χ0v) is 17.1. The molecule has 1 N–H and O–H groups in total. The lowest BCUT2D eigenvalue weighted by molar-refractivity contribution is 0.211. The molecule has 136 valence electrons. The van der Waals surface area contributed by atoms with E-state index in [9.17, 15) is 0 Å². The van der Waals surface area contributed by atoms with Crippen molar-refractivity contribution in [1.29, 1.82) is 0 Å². The summed E-state index contributed by atoms with van der Waals surface area (Å²) in [6, 6.07) is 10.3. The Hall–Kier alpha value is -1.34. The molecule has 1 aromatic carbocycles. The number of hydrogen-bond acceptors (Lipinski definition) is 4. The van der Waals surface area contributed by atoms with Gasteiger partial charge in [-0.3, -0.25) is 4.90 Å². The number of hydrogen-bond donors (Lipinski definition) is 1. The van der Waals surface area contributed by atoms with E-state index in [1.54, 1.807) is 6.33 Å². The smallest absolute Gasteiger partial charge is 0.154 e. The molecule has 0 spiro atoms. The Kier molecular flexibility index (Phi) is 5.36. The van der Waals surface area contributed by atoms with E-state index in [4.69, 9.17) is 23.2 Å². The molecule has 0 unspecified atom stereocenters. The first-order valence-electron chi connectivity index (χ1n) is 8.51. The van der Waals surface area contributed by atoms with E-state index in [1.807, 2.05) is 34.8 Å². The Bertz CT molecular complexity index is 921. The van der Waals surface area contributed by atoms with Crippen LogP contribution in [0.25, 0.3) is 5.52 Å². The van der Waals surface area contributed by atoms with Crippen LogP contribution in [0.2, 0.25) is 10.0 Å². The van der Waals surface area contributed by atoms with Crippen molar-refractivity contribution < 1.29 is 0 Å². The minimum absolute atomic E-state index is 0.410. The van der Waals surface area contributed by atoms with E-state index >= 15 is 0 Å². The van der Waals surface area contributed by atoms with Crippen molar-refractivity contribution in [2.75, 3.05) is 18.4 Å². The van der Waals surface area contributed by atoms with Gasteiger partial charge in [0.2, 0.25) is 0 Å². The second-order valence-electron chi connectivity index (χ2n) is 6.50. The summed E-state index contributed by atoms with van der Waals surface area (Å²) >= 11 is 15.6. The molecule has 8 heteroatoms. The van der Waals surface area contributed by atoms with E-state index in [2.05, 4.69) is 36.2 Å². The third kappa shape index (κ3) is 3.83. The molecule has 26 heavy (non-hydrogen) atoms. The lowest BCUT2D eigenvalue weighted by atomic mass is 10.0. The van der Waals surface area contributed by atoms with Gasteiger partial charge in [-0.05, 0) is 58.6 Å². The van der Waals surface area contributed by atoms with Crippen LogP contribution in [0.3, 0.4) is 0 Å². The molecule has 0 radical (unpaired) electrons. The summed E-state index contributed by atoms with van der Waals surface area (Å²) < 4.78 is 2.77. The molecule has 0 bridgehead atoms. The molecule has 4 rings (SSSR count). The molecular formula is C18H18BrCl2N5. The highest BCUT2D eigenvalue weighted by Gasteiger charge is 2.20. The Morgan fingerprint density at radius 2 is 1.92 bits per heavy atom. The molecule has 2 aromatic heterocycles. The van der Waals surface area contributed by atoms with Gasteiger partial charge in [0.1, 0.15) is 16.4 Å². The van der Waals surface area contributed by atoms with Crippen LogP contribution in [-0.2, 0) is 6.54 Å². The summed E-state index contributed by atoms with van der Waals surface area (Å²) in [5.41, 5.74) is 2.18.